The highest BCUT2D eigenvalue weighted by Crippen LogP contribution is 2.13. The Morgan fingerprint density at radius 3 is 2.67 bits per heavy atom. The van der Waals surface area contributed by atoms with Crippen LogP contribution in [-0.4, -0.2) is 33.2 Å². The molecule has 0 saturated heterocycles. The molecule has 0 saturated carbocycles. The van der Waals surface area contributed by atoms with Crippen molar-refractivity contribution < 1.29 is 14.7 Å². The van der Waals surface area contributed by atoms with E-state index in [0.29, 0.717) is 17.4 Å². The van der Waals surface area contributed by atoms with Crippen molar-refractivity contribution in [3.05, 3.63) is 52.3 Å². The van der Waals surface area contributed by atoms with Gasteiger partial charge in [0.15, 0.2) is 12.0 Å². The molecular weight excluding hydrogens is 308 g/mol. The summed E-state index contributed by atoms with van der Waals surface area (Å²) in [6.45, 7) is 3.64. The van der Waals surface area contributed by atoms with Crippen molar-refractivity contribution in [2.45, 2.75) is 33.0 Å². The molecule has 1 atom stereocenters. The molecule has 0 aliphatic rings. The number of benzene rings is 1. The number of hydrogen-bond donors (Lipinski definition) is 2. The predicted octanol–water partition coefficient (Wildman–Crippen LogP) is 1.19. The molecule has 0 aliphatic carbocycles. The number of carbonyl (C=O) groups is 2. The fourth-order valence-electron chi connectivity index (χ4n) is 2.28. The average Bonchev–Trinajstić information content (AvgIpc) is 2.88. The van der Waals surface area contributed by atoms with Gasteiger partial charge in [0.1, 0.15) is 5.69 Å². The molecule has 1 amide bonds. The van der Waals surface area contributed by atoms with Crippen LogP contribution in [0.3, 0.4) is 0 Å². The smallest absolute Gasteiger partial charge is 0.272 e. The van der Waals surface area contributed by atoms with Crippen molar-refractivity contribution in [1.29, 1.82) is 5.26 Å². The zero-order valence-corrected chi connectivity index (χ0v) is 13.5. The van der Waals surface area contributed by atoms with E-state index in [4.69, 9.17) is 5.26 Å². The summed E-state index contributed by atoms with van der Waals surface area (Å²) in [6.07, 6.45) is -0.0557. The Morgan fingerprint density at radius 1 is 1.46 bits per heavy atom. The lowest BCUT2D eigenvalue weighted by atomic mass is 10.1. The van der Waals surface area contributed by atoms with Crippen LogP contribution in [0.15, 0.2) is 24.3 Å². The fraction of sp³-hybridized carbons (Fsp3) is 0.294. The Balaban J connectivity index is 2.12. The molecule has 1 unspecified atom stereocenters. The third-order valence-electron chi connectivity index (χ3n) is 3.54. The highest BCUT2D eigenvalue weighted by atomic mass is 16.3. The Morgan fingerprint density at radius 2 is 2.12 bits per heavy atom. The van der Waals surface area contributed by atoms with Gasteiger partial charge in [0, 0.05) is 12.1 Å². The molecule has 124 valence electrons. The maximum Gasteiger partial charge on any atom is 0.272 e. The molecule has 0 aliphatic heterocycles. The first-order valence-corrected chi connectivity index (χ1v) is 7.44. The van der Waals surface area contributed by atoms with E-state index in [1.807, 2.05) is 6.07 Å². The van der Waals surface area contributed by atoms with Gasteiger partial charge in [0.25, 0.3) is 5.91 Å². The zero-order chi connectivity index (χ0) is 17.7. The van der Waals surface area contributed by atoms with Gasteiger partial charge in [-0.3, -0.25) is 14.3 Å². The van der Waals surface area contributed by atoms with E-state index in [1.54, 1.807) is 38.1 Å². The third-order valence-corrected chi connectivity index (χ3v) is 3.54. The summed E-state index contributed by atoms with van der Waals surface area (Å²) in [5.74, 6) is -0.399. The Kier molecular flexibility index (Phi) is 5.45. The van der Waals surface area contributed by atoms with E-state index in [9.17, 15) is 14.7 Å². The summed E-state index contributed by atoms with van der Waals surface area (Å²) in [6, 6.07) is 8.90. The number of aromatic nitrogens is 2. The number of nitrogens with one attached hydrogen (secondary N) is 1. The van der Waals surface area contributed by atoms with Gasteiger partial charge in [0.05, 0.1) is 24.3 Å². The van der Waals surface area contributed by atoms with E-state index in [2.05, 4.69) is 10.4 Å². The fourth-order valence-corrected chi connectivity index (χ4v) is 2.28. The molecule has 7 heteroatoms. The summed E-state index contributed by atoms with van der Waals surface area (Å²) in [7, 11) is 0. The molecule has 1 aromatic heterocycles. The summed E-state index contributed by atoms with van der Waals surface area (Å²) in [5, 5.41) is 25.1. The van der Waals surface area contributed by atoms with Crippen molar-refractivity contribution in [3.63, 3.8) is 0 Å². The van der Waals surface area contributed by atoms with Crippen LogP contribution < -0.4 is 5.32 Å². The van der Waals surface area contributed by atoms with E-state index >= 15 is 0 Å². The van der Waals surface area contributed by atoms with Gasteiger partial charge < -0.3 is 10.4 Å². The first kappa shape index (κ1) is 17.4. The van der Waals surface area contributed by atoms with Crippen LogP contribution in [0.25, 0.3) is 0 Å². The van der Waals surface area contributed by atoms with Crippen molar-refractivity contribution in [3.8, 4) is 6.07 Å². The maximum absolute atomic E-state index is 12.3. The van der Waals surface area contributed by atoms with E-state index in [1.165, 1.54) is 4.68 Å². The van der Waals surface area contributed by atoms with Gasteiger partial charge in [-0.15, -0.1) is 0 Å². The molecule has 0 spiro atoms. The van der Waals surface area contributed by atoms with Gasteiger partial charge >= 0.3 is 0 Å². The number of nitrogens with zero attached hydrogens (tertiary/aromatic N) is 3. The first-order valence-electron chi connectivity index (χ1n) is 7.44. The average molecular weight is 326 g/mol. The molecular formula is C17H18N4O3. The summed E-state index contributed by atoms with van der Waals surface area (Å²) in [5.41, 5.74) is 2.31. The highest BCUT2D eigenvalue weighted by Gasteiger charge is 2.20. The molecule has 2 N–H and O–H groups in total. The monoisotopic (exact) mass is 326 g/mol. The summed E-state index contributed by atoms with van der Waals surface area (Å²) < 4.78 is 1.34. The quantitative estimate of drug-likeness (QED) is 0.775. The number of aliphatic hydroxyl groups excluding tert-OH is 1. The van der Waals surface area contributed by atoms with Crippen LogP contribution in [0.5, 0.6) is 0 Å². The SMILES string of the molecule is Cc1c(C(=O)NCc2ccc(C#N)cc2)nn(CC(C)O)c1C=O. The molecule has 1 aromatic carbocycles. The second-order valence-electron chi connectivity index (χ2n) is 5.50. The van der Waals surface area contributed by atoms with E-state index in [-0.39, 0.29) is 24.5 Å². The lowest BCUT2D eigenvalue weighted by molar-refractivity contribution is 0.0942. The van der Waals surface area contributed by atoms with Crippen LogP contribution in [0.1, 0.15) is 44.6 Å². The van der Waals surface area contributed by atoms with Gasteiger partial charge in [-0.1, -0.05) is 12.1 Å². The number of aliphatic hydroxyl groups is 1. The number of rotatable bonds is 6. The summed E-state index contributed by atoms with van der Waals surface area (Å²) in [4.78, 5) is 23.5. The number of amides is 1. The van der Waals surface area contributed by atoms with Crippen molar-refractivity contribution in [1.82, 2.24) is 15.1 Å². The number of aldehydes is 1. The number of carbonyl (C=O) groups excluding carboxylic acids is 2. The van der Waals surface area contributed by atoms with Gasteiger partial charge in [-0.2, -0.15) is 10.4 Å². The van der Waals surface area contributed by atoms with Gasteiger partial charge in [-0.05, 0) is 31.5 Å². The van der Waals surface area contributed by atoms with Crippen LogP contribution in [0, 0.1) is 18.3 Å². The normalized spacial score (nSPS) is 11.6. The van der Waals surface area contributed by atoms with Crippen molar-refractivity contribution in [2.24, 2.45) is 0 Å². The highest BCUT2D eigenvalue weighted by molar-refractivity contribution is 5.95. The topological polar surface area (TPSA) is 108 Å². The third kappa shape index (κ3) is 3.86. The zero-order valence-electron chi connectivity index (χ0n) is 13.5. The molecule has 1 heterocycles. The van der Waals surface area contributed by atoms with Crippen LogP contribution >= 0.6 is 0 Å². The van der Waals surface area contributed by atoms with Crippen LogP contribution in [0.2, 0.25) is 0 Å². The molecule has 0 fully saturated rings. The predicted molar refractivity (Wildman–Crippen MR) is 86.4 cm³/mol. The Hall–Kier alpha value is -2.98. The van der Waals surface area contributed by atoms with Crippen LogP contribution in [-0.2, 0) is 13.1 Å². The van der Waals surface area contributed by atoms with Gasteiger partial charge in [0.2, 0.25) is 0 Å². The largest absolute Gasteiger partial charge is 0.391 e. The van der Waals surface area contributed by atoms with Gasteiger partial charge in [-0.25, -0.2) is 0 Å². The Bertz CT molecular complexity index is 785. The Labute approximate surface area is 139 Å². The molecule has 2 rings (SSSR count). The second-order valence-corrected chi connectivity index (χ2v) is 5.50. The maximum atomic E-state index is 12.3. The molecule has 0 radical (unpaired) electrons. The minimum absolute atomic E-state index is 0.137. The van der Waals surface area contributed by atoms with E-state index < -0.39 is 12.0 Å². The molecule has 0 bridgehead atoms. The number of nitriles is 1. The van der Waals surface area contributed by atoms with Crippen LogP contribution in [0.4, 0.5) is 0 Å². The van der Waals surface area contributed by atoms with Crippen molar-refractivity contribution in [2.75, 3.05) is 0 Å². The summed E-state index contributed by atoms with van der Waals surface area (Å²) >= 11 is 0. The standard InChI is InChI=1S/C17H18N4O3/c1-11(23)9-21-15(10-22)12(2)16(20-21)17(24)19-8-14-5-3-13(7-18)4-6-14/h3-6,10-11,23H,8-9H2,1-2H3,(H,19,24). The minimum Gasteiger partial charge on any atom is -0.391 e. The second kappa shape index (κ2) is 7.53. The van der Waals surface area contributed by atoms with E-state index in [0.717, 1.165) is 5.56 Å². The number of hydrogen-bond acceptors (Lipinski definition) is 5. The van der Waals surface area contributed by atoms with Crippen molar-refractivity contribution >= 4 is 12.2 Å². The minimum atomic E-state index is -0.683. The lowest BCUT2D eigenvalue weighted by Gasteiger charge is -2.05. The first-order chi connectivity index (χ1) is 11.5. The lowest BCUT2D eigenvalue weighted by Crippen LogP contribution is -2.24. The molecule has 24 heavy (non-hydrogen) atoms. The molecule has 7 nitrogen and oxygen atoms in total. The molecule has 2 aromatic rings.